The molecule has 3 aliphatic heterocycles. The van der Waals surface area contributed by atoms with Gasteiger partial charge >= 0.3 is 18.0 Å². The van der Waals surface area contributed by atoms with Gasteiger partial charge in [0, 0.05) is 93.2 Å². The zero-order valence-corrected chi connectivity index (χ0v) is 46.7. The summed E-state index contributed by atoms with van der Waals surface area (Å²) in [6.07, 6.45) is 11.7. The number of piperazine rings is 1. The number of carbonyl (C=O) groups excluding carboxylic acids is 5. The van der Waals surface area contributed by atoms with Crippen molar-refractivity contribution in [1.82, 2.24) is 24.3 Å². The summed E-state index contributed by atoms with van der Waals surface area (Å²) in [5.74, 6) is 0.0552. The molecule has 1 saturated heterocycles. The SMILES string of the molecule is CC[C@H]1C(=O)OCc2c1cc1n(c2=O)Cc2cc3c(CN(C)C)c(OC(=O)N4CCN(CCCCCCN(C)c5ccc([C@H]6C[C@@]7(C)C(CC[C@]7(OC(C)=O)C(C)=O)[C@@H]7CCC8=CC(=O)CCC8=C76)cc5)CC4)ccc3nc2-1. The molecule has 15 heteroatoms. The number of Topliss-reactive ketones (excluding diaryl/α,β-unsaturated/α-hetero) is 1. The number of amides is 1. The number of ether oxygens (including phenoxy) is 3. The van der Waals surface area contributed by atoms with Crippen molar-refractivity contribution in [2.24, 2.45) is 17.3 Å². The molecule has 0 N–H and O–H groups in total. The van der Waals surface area contributed by atoms with Crippen molar-refractivity contribution in [3.63, 3.8) is 0 Å². The molecule has 4 aliphatic carbocycles. The van der Waals surface area contributed by atoms with E-state index >= 15 is 0 Å². The lowest BCUT2D eigenvalue weighted by atomic mass is 9.50. The minimum Gasteiger partial charge on any atom is -0.460 e. The second-order valence-electron chi connectivity index (χ2n) is 23.9. The smallest absolute Gasteiger partial charge is 0.415 e. The van der Waals surface area contributed by atoms with Crippen LogP contribution in [0.15, 0.2) is 76.1 Å². The molecule has 7 aliphatic rings. The zero-order valence-electron chi connectivity index (χ0n) is 46.7. The van der Waals surface area contributed by atoms with E-state index in [9.17, 15) is 28.8 Å². The summed E-state index contributed by atoms with van der Waals surface area (Å²) in [7, 11) is 6.12. The molecule has 1 amide bonds. The van der Waals surface area contributed by atoms with Gasteiger partial charge in [0.2, 0.25) is 0 Å². The van der Waals surface area contributed by atoms with Crippen LogP contribution in [-0.2, 0) is 48.3 Å². The lowest BCUT2D eigenvalue weighted by molar-refractivity contribution is -0.182. The number of rotatable bonds is 15. The van der Waals surface area contributed by atoms with Crippen LogP contribution in [0.2, 0.25) is 0 Å². The Morgan fingerprint density at radius 1 is 0.897 bits per heavy atom. The van der Waals surface area contributed by atoms with Crippen molar-refractivity contribution in [3.8, 4) is 17.1 Å². The van der Waals surface area contributed by atoms with Crippen LogP contribution < -0.4 is 15.2 Å². The summed E-state index contributed by atoms with van der Waals surface area (Å²) >= 11 is 0. The standard InChI is InChI=1S/C63H76N6O9/c1-8-45-48-33-55-58-42(35-69(55)59(73)52(48)37-76-60(45)74)32-49-51(36-65(5)6)56(22-21-54(49)64-58)77-61(75)68-29-27-67(28-30-68)26-12-10-9-11-25-66(7)43-16-13-40(14-17-43)50-34-62(4)53(23-24-63(62,38(2)70)78-39(3)71)47-19-15-41-31-44(72)18-20-46(41)57(47)50/h13-14,16-17,21-22,31-33,45,47,50,53H,8-12,15,18-20,23-30,34-37H2,1-7H3/t45-,47+,50-,53?,62+,63+/m1/s1. The maximum absolute atomic E-state index is 13.8. The highest BCUT2D eigenvalue weighted by atomic mass is 16.6. The largest absolute Gasteiger partial charge is 0.460 e. The number of carbonyl (C=O) groups is 5. The Labute approximate surface area is 457 Å². The second kappa shape index (κ2) is 21.3. The predicted octanol–water partition coefficient (Wildman–Crippen LogP) is 9.64. The van der Waals surface area contributed by atoms with Crippen LogP contribution in [-0.4, -0.2) is 120 Å². The first-order valence-electron chi connectivity index (χ1n) is 28.7. The fraction of sp³-hybridized carbons (Fsp3) is 0.540. The zero-order chi connectivity index (χ0) is 54.8. The van der Waals surface area contributed by atoms with E-state index in [1.807, 2.05) is 50.2 Å². The van der Waals surface area contributed by atoms with Crippen LogP contribution >= 0.6 is 0 Å². The molecule has 15 nitrogen and oxygen atoms in total. The van der Waals surface area contributed by atoms with Crippen LogP contribution in [0.1, 0.15) is 144 Å². The molecule has 0 bridgehead atoms. The van der Waals surface area contributed by atoms with E-state index in [4.69, 9.17) is 19.2 Å². The number of anilines is 1. The van der Waals surface area contributed by atoms with E-state index in [2.05, 4.69) is 54.1 Å². The van der Waals surface area contributed by atoms with Crippen molar-refractivity contribution in [2.45, 2.75) is 142 Å². The molecule has 78 heavy (non-hydrogen) atoms. The summed E-state index contributed by atoms with van der Waals surface area (Å²) < 4.78 is 19.5. The lowest BCUT2D eigenvalue weighted by Crippen LogP contribution is -2.57. The van der Waals surface area contributed by atoms with Gasteiger partial charge in [0.05, 0.1) is 34.9 Å². The van der Waals surface area contributed by atoms with Crippen LogP contribution in [0.5, 0.6) is 5.75 Å². The van der Waals surface area contributed by atoms with Gasteiger partial charge in [-0.25, -0.2) is 9.78 Å². The lowest BCUT2D eigenvalue weighted by Gasteiger charge is -2.55. The fourth-order valence-corrected chi connectivity index (χ4v) is 15.1. The fourth-order valence-electron chi connectivity index (χ4n) is 15.1. The van der Waals surface area contributed by atoms with Crippen molar-refractivity contribution in [2.75, 3.05) is 65.3 Å². The van der Waals surface area contributed by atoms with Crippen LogP contribution in [0.4, 0.5) is 10.5 Å². The second-order valence-corrected chi connectivity index (χ2v) is 23.9. The van der Waals surface area contributed by atoms with Crippen LogP contribution in [0, 0.1) is 17.3 Å². The summed E-state index contributed by atoms with van der Waals surface area (Å²) in [4.78, 5) is 92.6. The number of hydrogen-bond donors (Lipinski definition) is 0. The molecule has 0 radical (unpaired) electrons. The third-order valence-corrected chi connectivity index (χ3v) is 19.1. The molecule has 11 rings (SSSR count). The van der Waals surface area contributed by atoms with E-state index in [1.165, 1.54) is 29.2 Å². The number of cyclic esters (lactones) is 1. The van der Waals surface area contributed by atoms with E-state index in [0.29, 0.717) is 62.4 Å². The third-order valence-electron chi connectivity index (χ3n) is 19.1. The summed E-state index contributed by atoms with van der Waals surface area (Å²) in [5, 5.41) is 0.872. The number of benzene rings is 2. The Morgan fingerprint density at radius 3 is 2.40 bits per heavy atom. The average molecular weight is 1060 g/mol. The van der Waals surface area contributed by atoms with Crippen LogP contribution in [0.25, 0.3) is 22.3 Å². The minimum absolute atomic E-state index is 0.0175. The van der Waals surface area contributed by atoms with Gasteiger partial charge in [-0.2, -0.15) is 0 Å². The normalized spacial score (nSPS) is 25.4. The number of hydrogen-bond acceptors (Lipinski definition) is 13. The number of unbranched alkanes of at least 4 members (excludes halogenated alkanes) is 3. The van der Waals surface area contributed by atoms with Gasteiger partial charge in [-0.3, -0.25) is 28.9 Å². The number of allylic oxidation sites excluding steroid dienone is 4. The highest BCUT2D eigenvalue weighted by Gasteiger charge is 2.67. The van der Waals surface area contributed by atoms with Crippen molar-refractivity contribution >= 4 is 46.2 Å². The number of ketones is 2. The molecular formula is C63H76N6O9. The first kappa shape index (κ1) is 53.5. The Bertz CT molecular complexity index is 3220. The van der Waals surface area contributed by atoms with E-state index in [1.54, 1.807) is 16.4 Å². The maximum Gasteiger partial charge on any atom is 0.415 e. The molecule has 5 heterocycles. The van der Waals surface area contributed by atoms with E-state index < -0.39 is 22.9 Å². The van der Waals surface area contributed by atoms with Gasteiger partial charge in [0.1, 0.15) is 12.4 Å². The Balaban J connectivity index is 0.672. The number of aromatic nitrogens is 2. The highest BCUT2D eigenvalue weighted by molar-refractivity contribution is 5.93. The molecule has 412 valence electrons. The van der Waals surface area contributed by atoms with Gasteiger partial charge in [-0.1, -0.05) is 44.4 Å². The number of fused-ring (bicyclic) bond motifs is 9. The summed E-state index contributed by atoms with van der Waals surface area (Å²) in [5.41, 5.74) is 9.83. The topological polar surface area (TPSA) is 161 Å². The van der Waals surface area contributed by atoms with E-state index in [-0.39, 0.29) is 53.5 Å². The van der Waals surface area contributed by atoms with Crippen LogP contribution in [0.3, 0.4) is 0 Å². The maximum atomic E-state index is 13.8. The molecule has 1 unspecified atom stereocenters. The van der Waals surface area contributed by atoms with Gasteiger partial charge in [0.25, 0.3) is 5.56 Å². The van der Waals surface area contributed by atoms with Crippen molar-refractivity contribution in [3.05, 3.63) is 109 Å². The molecule has 2 aromatic heterocycles. The first-order chi connectivity index (χ1) is 37.5. The van der Waals surface area contributed by atoms with E-state index in [0.717, 1.165) is 123 Å². The quantitative estimate of drug-likeness (QED) is 0.0721. The molecular weight excluding hydrogens is 985 g/mol. The monoisotopic (exact) mass is 1060 g/mol. The van der Waals surface area contributed by atoms with Gasteiger partial charge < -0.3 is 33.5 Å². The third kappa shape index (κ3) is 9.49. The Morgan fingerprint density at radius 2 is 1.67 bits per heavy atom. The number of nitrogens with zero attached hydrogens (tertiary/aromatic N) is 6. The summed E-state index contributed by atoms with van der Waals surface area (Å²) in [6.45, 7) is 12.7. The molecule has 6 atom stereocenters. The number of esters is 2. The molecule has 2 saturated carbocycles. The molecule has 4 aromatic rings. The van der Waals surface area contributed by atoms with Gasteiger partial charge in [-0.05, 0) is 162 Å². The molecule has 3 fully saturated rings. The minimum atomic E-state index is -1.13. The Kier molecular flexibility index (Phi) is 14.6. The Hall–Kier alpha value is -6.45. The highest BCUT2D eigenvalue weighted by Crippen LogP contribution is 2.68. The summed E-state index contributed by atoms with van der Waals surface area (Å²) in [6, 6.07) is 16.7. The molecule has 2 aromatic carbocycles. The van der Waals surface area contributed by atoms with Crippen molar-refractivity contribution < 1.29 is 38.2 Å². The number of pyridine rings is 2. The predicted molar refractivity (Wildman–Crippen MR) is 298 cm³/mol. The average Bonchev–Trinajstić information content (AvgIpc) is 3.63. The molecule has 0 spiro atoms. The van der Waals surface area contributed by atoms with Gasteiger partial charge in [-0.15, -0.1) is 0 Å². The van der Waals surface area contributed by atoms with Gasteiger partial charge in [0.15, 0.2) is 17.2 Å². The first-order valence-corrected chi connectivity index (χ1v) is 28.7. The van der Waals surface area contributed by atoms with Crippen molar-refractivity contribution in [1.29, 1.82) is 0 Å².